The van der Waals surface area contributed by atoms with Crippen LogP contribution >= 0.6 is 0 Å². The summed E-state index contributed by atoms with van der Waals surface area (Å²) in [5.41, 5.74) is 39.3. The molecule has 0 fully saturated rings. The van der Waals surface area contributed by atoms with Crippen molar-refractivity contribution in [3.8, 4) is 77.9 Å². The molecule has 0 atom stereocenters. The maximum atomic E-state index is 2.55. The van der Waals surface area contributed by atoms with E-state index in [1.165, 1.54) is 144 Å². The van der Waals surface area contributed by atoms with Crippen molar-refractivity contribution in [2.24, 2.45) is 0 Å². The molecule has 18 aromatic carbocycles. The fourth-order valence-corrected chi connectivity index (χ4v) is 20.4. The van der Waals surface area contributed by atoms with Crippen molar-refractivity contribution in [1.82, 2.24) is 0 Å². The Bertz CT molecular complexity index is 6490. The molecular weight excluding hydrogens is 1360 g/mol. The Kier molecular flexibility index (Phi) is 15.2. The maximum absolute atomic E-state index is 2.55. The van der Waals surface area contributed by atoms with Crippen LogP contribution in [0.4, 0.5) is 34.1 Å². The van der Waals surface area contributed by atoms with Crippen LogP contribution in [0.2, 0.25) is 0 Å². The van der Waals surface area contributed by atoms with Crippen LogP contribution in [0, 0.1) is 13.8 Å². The summed E-state index contributed by atoms with van der Waals surface area (Å²) in [6, 6.07) is 161. The number of rotatable bonds is 13. The summed E-state index contributed by atoms with van der Waals surface area (Å²) >= 11 is 0. The predicted molar refractivity (Wildman–Crippen MR) is 470 cm³/mol. The van der Waals surface area contributed by atoms with Gasteiger partial charge in [0, 0.05) is 34.0 Å². The minimum atomic E-state index is -0.641. The highest BCUT2D eigenvalue weighted by Gasteiger charge is 2.53. The van der Waals surface area contributed by atoms with Crippen LogP contribution in [0.25, 0.3) is 88.7 Å². The number of benzene rings is 18. The highest BCUT2D eigenvalue weighted by Crippen LogP contribution is 2.66. The van der Waals surface area contributed by atoms with Crippen LogP contribution in [0.1, 0.15) is 77.9 Å². The second kappa shape index (κ2) is 26.0. The molecule has 0 radical (unpaired) electrons. The third-order valence-corrected chi connectivity index (χ3v) is 25.1. The molecule has 0 unspecified atom stereocenters. The summed E-state index contributed by atoms with van der Waals surface area (Å²) in [6.07, 6.45) is 0. The fraction of sp³-hybridized carbons (Fsp3) is 0.0450. The van der Waals surface area contributed by atoms with Gasteiger partial charge >= 0.3 is 0 Å². The van der Waals surface area contributed by atoms with Gasteiger partial charge in [0.2, 0.25) is 0 Å². The van der Waals surface area contributed by atoms with E-state index in [0.29, 0.717) is 0 Å². The zero-order valence-corrected chi connectivity index (χ0v) is 62.8. The molecule has 4 aliphatic carbocycles. The first-order chi connectivity index (χ1) is 55.8. The summed E-state index contributed by atoms with van der Waals surface area (Å²) in [7, 11) is 0. The first-order valence-electron chi connectivity index (χ1n) is 39.5. The van der Waals surface area contributed by atoms with Crippen LogP contribution in [0.5, 0.6) is 0 Å². The third-order valence-electron chi connectivity index (χ3n) is 25.1. The molecule has 0 N–H and O–H groups in total. The average molecular weight is 1440 g/mol. The van der Waals surface area contributed by atoms with Gasteiger partial charge in [-0.2, -0.15) is 0 Å². The molecule has 4 aliphatic rings. The molecular formula is C111H76N2. The van der Waals surface area contributed by atoms with Crippen molar-refractivity contribution in [1.29, 1.82) is 0 Å². The maximum Gasteiger partial charge on any atom is 0.0726 e. The van der Waals surface area contributed by atoms with Gasteiger partial charge in [-0.05, 0) is 237 Å². The lowest BCUT2D eigenvalue weighted by Gasteiger charge is -2.36. The van der Waals surface area contributed by atoms with E-state index in [-0.39, 0.29) is 0 Å². The molecule has 530 valence electrons. The van der Waals surface area contributed by atoms with Crippen molar-refractivity contribution >= 4 is 44.9 Å². The summed E-state index contributed by atoms with van der Waals surface area (Å²) < 4.78 is 0. The topological polar surface area (TPSA) is 6.48 Å². The number of aryl methyl sites for hydroxylation is 2. The van der Waals surface area contributed by atoms with Gasteiger partial charge in [-0.25, -0.2) is 0 Å². The molecule has 0 aromatic heterocycles. The summed E-state index contributed by atoms with van der Waals surface area (Å²) in [4.78, 5) is 5.06. The molecule has 22 rings (SSSR count). The van der Waals surface area contributed by atoms with E-state index in [2.05, 4.69) is 448 Å². The van der Waals surface area contributed by atoms with Crippen LogP contribution in [-0.4, -0.2) is 0 Å². The van der Waals surface area contributed by atoms with Gasteiger partial charge < -0.3 is 9.80 Å². The Hall–Kier alpha value is -14.2. The molecule has 0 aliphatic heterocycles. The normalized spacial score (nSPS) is 13.6. The molecule has 113 heavy (non-hydrogen) atoms. The van der Waals surface area contributed by atoms with Crippen LogP contribution in [-0.2, 0) is 16.2 Å². The Morgan fingerprint density at radius 3 is 1.04 bits per heavy atom. The van der Waals surface area contributed by atoms with Crippen LogP contribution < -0.4 is 9.80 Å². The number of hydrogen-bond acceptors (Lipinski definition) is 2. The predicted octanol–water partition coefficient (Wildman–Crippen LogP) is 28.5. The third kappa shape index (κ3) is 9.86. The van der Waals surface area contributed by atoms with E-state index >= 15 is 0 Å². The Balaban J connectivity index is 0.744. The molecule has 0 heterocycles. The SMILES string of the molecule is Cc1ccc2c(c1)C(c1ccccc1)(c1ccccc1)c1cc(N(c3ccc(-c4ccc(N(c5ccc(-c6ccc7ccccc7c6)cc5)c5cccc6c5-c5ccccc5C65c6ccccc6-c6ccccc65)cc4)c(-c4ccccc4)c3)c3ccc4c(c3)C(c3ccccc3)(c3ccccc3)c3cc(C)ccc3-4)ccc1-2. The van der Waals surface area contributed by atoms with E-state index in [9.17, 15) is 0 Å². The number of nitrogens with zero attached hydrogens (tertiary/aromatic N) is 2. The Morgan fingerprint density at radius 1 is 0.177 bits per heavy atom. The summed E-state index contributed by atoms with van der Waals surface area (Å²) in [5, 5.41) is 2.46. The second-order valence-electron chi connectivity index (χ2n) is 31.0. The van der Waals surface area contributed by atoms with Gasteiger partial charge in [-0.1, -0.05) is 363 Å². The fourth-order valence-electron chi connectivity index (χ4n) is 20.4. The summed E-state index contributed by atoms with van der Waals surface area (Å²) in [6.45, 7) is 4.47. The number of hydrogen-bond donors (Lipinski definition) is 0. The van der Waals surface area contributed by atoms with Gasteiger partial charge in [-0.3, -0.25) is 0 Å². The lowest BCUT2D eigenvalue weighted by Crippen LogP contribution is -2.29. The molecule has 0 saturated heterocycles. The highest BCUT2D eigenvalue weighted by molar-refractivity contribution is 6.03. The molecule has 2 heteroatoms. The van der Waals surface area contributed by atoms with Crippen molar-refractivity contribution in [3.05, 3.63) is 503 Å². The number of anilines is 6. The average Bonchev–Trinajstić information content (AvgIpc) is 1.51. The van der Waals surface area contributed by atoms with Crippen molar-refractivity contribution in [2.75, 3.05) is 9.80 Å². The first-order valence-corrected chi connectivity index (χ1v) is 39.5. The van der Waals surface area contributed by atoms with E-state index in [0.717, 1.165) is 56.4 Å². The first kappa shape index (κ1) is 65.9. The largest absolute Gasteiger partial charge is 0.310 e. The Morgan fingerprint density at radius 2 is 0.531 bits per heavy atom. The van der Waals surface area contributed by atoms with E-state index in [4.69, 9.17) is 0 Å². The van der Waals surface area contributed by atoms with E-state index in [1.807, 2.05) is 0 Å². The molecule has 0 amide bonds. The van der Waals surface area contributed by atoms with E-state index < -0.39 is 16.2 Å². The molecule has 18 aromatic rings. The van der Waals surface area contributed by atoms with Gasteiger partial charge in [-0.15, -0.1) is 0 Å². The zero-order chi connectivity index (χ0) is 74.9. The molecule has 1 spiro atoms. The highest BCUT2D eigenvalue weighted by atomic mass is 15.2. The van der Waals surface area contributed by atoms with Crippen LogP contribution in [0.3, 0.4) is 0 Å². The Labute approximate surface area is 660 Å². The molecule has 0 saturated carbocycles. The molecule has 0 bridgehead atoms. The zero-order valence-electron chi connectivity index (χ0n) is 62.8. The summed E-state index contributed by atoms with van der Waals surface area (Å²) in [5.74, 6) is 0. The smallest absolute Gasteiger partial charge is 0.0726 e. The minimum absolute atomic E-state index is 0.513. The van der Waals surface area contributed by atoms with Gasteiger partial charge in [0.1, 0.15) is 0 Å². The van der Waals surface area contributed by atoms with Crippen molar-refractivity contribution < 1.29 is 0 Å². The standard InChI is InChI=1S/C111H76N2/c1-73-47-62-93-95-65-60-88(71-105(95)109(103(93)67-73,81-31-10-4-11-32-81)82-33-12-5-13-34-82)112(89-61-66-96-94-63-48-74(2)68-104(94)110(106(96)72-89,83-35-14-6-15-36-83)84-37-16-7-17-38-84)87-59-64-90(98(70-87)77-28-8-3-9-29-77)78-53-57-86(58-54-78)113(85-55-51-76(52-56-85)80-50-49-75-27-18-19-30-79(75)69-80)107-46-26-45-102-108(107)97-41-22-25-44-101(97)111(102)99-42-23-20-39-91(99)92-40-21-24-43-100(92)111/h3-72H,1-2H3. The van der Waals surface area contributed by atoms with Gasteiger partial charge in [0.05, 0.1) is 21.9 Å². The molecule has 2 nitrogen and oxygen atoms in total. The lowest BCUT2D eigenvalue weighted by molar-refractivity contribution is 0.766. The van der Waals surface area contributed by atoms with Crippen LogP contribution in [0.15, 0.2) is 425 Å². The second-order valence-corrected chi connectivity index (χ2v) is 31.0. The van der Waals surface area contributed by atoms with Crippen molar-refractivity contribution in [2.45, 2.75) is 30.1 Å². The van der Waals surface area contributed by atoms with E-state index in [1.54, 1.807) is 0 Å². The number of fused-ring (bicyclic) bond motifs is 17. The van der Waals surface area contributed by atoms with Crippen molar-refractivity contribution in [3.63, 3.8) is 0 Å². The van der Waals surface area contributed by atoms with Gasteiger partial charge in [0.15, 0.2) is 0 Å². The lowest BCUT2D eigenvalue weighted by atomic mass is 9.67. The monoisotopic (exact) mass is 1440 g/mol. The van der Waals surface area contributed by atoms with Gasteiger partial charge in [0.25, 0.3) is 0 Å². The quantitative estimate of drug-likeness (QED) is 0.114. The minimum Gasteiger partial charge on any atom is -0.310 e.